The highest BCUT2D eigenvalue weighted by atomic mass is 35.5. The van der Waals surface area contributed by atoms with Crippen LogP contribution in [0.15, 0.2) is 42.5 Å². The molecule has 1 amide bonds. The highest BCUT2D eigenvalue weighted by molar-refractivity contribution is 7.80. The molecule has 0 saturated heterocycles. The van der Waals surface area contributed by atoms with Gasteiger partial charge in [0.15, 0.2) is 5.11 Å². The lowest BCUT2D eigenvalue weighted by molar-refractivity contribution is -0.119. The van der Waals surface area contributed by atoms with E-state index in [1.165, 1.54) is 0 Å². The Bertz CT molecular complexity index is 702. The van der Waals surface area contributed by atoms with Crippen molar-refractivity contribution in [2.75, 3.05) is 5.32 Å². The summed E-state index contributed by atoms with van der Waals surface area (Å²) < 4.78 is 0. The molecule has 2 aromatic carbocycles. The molecule has 6 heteroatoms. The maximum absolute atomic E-state index is 11.9. The number of hydrogen-bond donors (Lipinski definition) is 2. The van der Waals surface area contributed by atoms with Gasteiger partial charge in [0.05, 0.1) is 6.42 Å². The van der Waals surface area contributed by atoms with E-state index >= 15 is 0 Å². The Morgan fingerprint density at radius 2 is 1.73 bits per heavy atom. The zero-order valence-corrected chi connectivity index (χ0v) is 14.1. The molecule has 0 saturated carbocycles. The van der Waals surface area contributed by atoms with Crippen molar-refractivity contribution in [3.8, 4) is 0 Å². The summed E-state index contributed by atoms with van der Waals surface area (Å²) >= 11 is 16.9. The lowest BCUT2D eigenvalue weighted by Crippen LogP contribution is -2.35. The second-order valence-electron chi connectivity index (χ2n) is 4.76. The second kappa shape index (κ2) is 7.58. The molecule has 0 aromatic heterocycles. The number of hydrogen-bond acceptors (Lipinski definition) is 2. The number of carbonyl (C=O) groups excluding carboxylic acids is 1. The first-order valence-electron chi connectivity index (χ1n) is 6.55. The Morgan fingerprint density at radius 3 is 2.36 bits per heavy atom. The minimum absolute atomic E-state index is 0.188. The SMILES string of the molecule is Cc1cc(Cl)ccc1NC(=S)NC(=O)Cc1ccc(Cl)cc1. The third-order valence-electron chi connectivity index (χ3n) is 2.97. The molecule has 2 rings (SSSR count). The summed E-state index contributed by atoms with van der Waals surface area (Å²) in [5, 5.41) is 7.18. The van der Waals surface area contributed by atoms with Crippen LogP contribution in [0.2, 0.25) is 10.0 Å². The summed E-state index contributed by atoms with van der Waals surface area (Å²) in [5.74, 6) is -0.188. The Labute approximate surface area is 144 Å². The molecule has 0 aliphatic carbocycles. The van der Waals surface area contributed by atoms with Gasteiger partial charge in [-0.3, -0.25) is 4.79 Å². The van der Waals surface area contributed by atoms with Gasteiger partial charge in [-0.25, -0.2) is 0 Å². The minimum Gasteiger partial charge on any atom is -0.332 e. The Balaban J connectivity index is 1.91. The van der Waals surface area contributed by atoms with Crippen LogP contribution in [0.5, 0.6) is 0 Å². The standard InChI is InChI=1S/C16H14Cl2N2OS/c1-10-8-13(18)6-7-14(10)19-16(22)20-15(21)9-11-2-4-12(17)5-3-11/h2-8H,9H2,1H3,(H2,19,20,21,22). The van der Waals surface area contributed by atoms with Gasteiger partial charge in [0.1, 0.15) is 0 Å². The lowest BCUT2D eigenvalue weighted by atomic mass is 10.1. The molecular formula is C16H14Cl2N2OS. The van der Waals surface area contributed by atoms with E-state index in [0.29, 0.717) is 10.0 Å². The van der Waals surface area contributed by atoms with E-state index in [1.807, 2.05) is 31.2 Å². The molecular weight excluding hydrogens is 339 g/mol. The normalized spacial score (nSPS) is 10.1. The second-order valence-corrected chi connectivity index (χ2v) is 6.05. The third-order valence-corrected chi connectivity index (χ3v) is 3.66. The van der Waals surface area contributed by atoms with E-state index < -0.39 is 0 Å². The fraction of sp³-hybridized carbons (Fsp3) is 0.125. The molecule has 0 radical (unpaired) electrons. The number of halogens is 2. The molecule has 114 valence electrons. The lowest BCUT2D eigenvalue weighted by Gasteiger charge is -2.12. The van der Waals surface area contributed by atoms with Gasteiger partial charge in [-0.05, 0) is 60.6 Å². The van der Waals surface area contributed by atoms with Crippen LogP contribution in [0.4, 0.5) is 5.69 Å². The van der Waals surface area contributed by atoms with Crippen LogP contribution in [-0.2, 0) is 11.2 Å². The van der Waals surface area contributed by atoms with Crippen LogP contribution in [0.3, 0.4) is 0 Å². The van der Waals surface area contributed by atoms with Crippen molar-refractivity contribution in [3.63, 3.8) is 0 Å². The van der Waals surface area contributed by atoms with E-state index in [0.717, 1.165) is 16.8 Å². The summed E-state index contributed by atoms with van der Waals surface area (Å²) in [7, 11) is 0. The Morgan fingerprint density at radius 1 is 1.09 bits per heavy atom. The summed E-state index contributed by atoms with van der Waals surface area (Å²) in [6.45, 7) is 1.91. The maximum atomic E-state index is 11.9. The summed E-state index contributed by atoms with van der Waals surface area (Å²) in [6, 6.07) is 12.5. The van der Waals surface area contributed by atoms with Gasteiger partial charge >= 0.3 is 0 Å². The quantitative estimate of drug-likeness (QED) is 0.806. The van der Waals surface area contributed by atoms with Crippen molar-refractivity contribution in [2.24, 2.45) is 0 Å². The van der Waals surface area contributed by atoms with Crippen LogP contribution in [0.1, 0.15) is 11.1 Å². The topological polar surface area (TPSA) is 41.1 Å². The van der Waals surface area contributed by atoms with Gasteiger partial charge in [-0.1, -0.05) is 35.3 Å². The highest BCUT2D eigenvalue weighted by Gasteiger charge is 2.07. The predicted molar refractivity (Wildman–Crippen MR) is 95.7 cm³/mol. The molecule has 0 aliphatic heterocycles. The first-order valence-corrected chi connectivity index (χ1v) is 7.72. The number of aryl methyl sites for hydroxylation is 1. The maximum Gasteiger partial charge on any atom is 0.230 e. The summed E-state index contributed by atoms with van der Waals surface area (Å²) in [4.78, 5) is 11.9. The fourth-order valence-electron chi connectivity index (χ4n) is 1.88. The molecule has 0 atom stereocenters. The van der Waals surface area contributed by atoms with Gasteiger partial charge in [-0.2, -0.15) is 0 Å². The number of carbonyl (C=O) groups is 1. The van der Waals surface area contributed by atoms with Crippen molar-refractivity contribution < 1.29 is 4.79 Å². The van der Waals surface area contributed by atoms with Crippen LogP contribution in [0, 0.1) is 6.92 Å². The van der Waals surface area contributed by atoms with Crippen LogP contribution < -0.4 is 10.6 Å². The zero-order valence-electron chi connectivity index (χ0n) is 11.8. The number of nitrogens with one attached hydrogen (secondary N) is 2. The Kier molecular flexibility index (Phi) is 5.77. The highest BCUT2D eigenvalue weighted by Crippen LogP contribution is 2.19. The Hall–Kier alpha value is -1.62. The average Bonchev–Trinajstić information content (AvgIpc) is 2.44. The average molecular weight is 353 g/mol. The van der Waals surface area contributed by atoms with E-state index in [9.17, 15) is 4.79 Å². The van der Waals surface area contributed by atoms with E-state index in [1.54, 1.807) is 18.2 Å². The third kappa shape index (κ3) is 4.98. The van der Waals surface area contributed by atoms with Crippen LogP contribution >= 0.6 is 35.4 Å². The van der Waals surface area contributed by atoms with Crippen molar-refractivity contribution in [3.05, 3.63) is 63.6 Å². The van der Waals surface area contributed by atoms with Crippen molar-refractivity contribution >= 4 is 52.1 Å². The molecule has 0 aliphatic rings. The largest absolute Gasteiger partial charge is 0.332 e. The van der Waals surface area contributed by atoms with Crippen LogP contribution in [-0.4, -0.2) is 11.0 Å². The van der Waals surface area contributed by atoms with E-state index in [2.05, 4.69) is 10.6 Å². The minimum atomic E-state index is -0.188. The number of thiocarbonyl (C=S) groups is 1. The number of benzene rings is 2. The molecule has 22 heavy (non-hydrogen) atoms. The van der Waals surface area contributed by atoms with Gasteiger partial charge in [0, 0.05) is 15.7 Å². The summed E-state index contributed by atoms with van der Waals surface area (Å²) in [5.41, 5.74) is 2.62. The molecule has 0 fully saturated rings. The number of rotatable bonds is 3. The number of anilines is 1. The molecule has 0 spiro atoms. The first-order chi connectivity index (χ1) is 10.4. The van der Waals surface area contributed by atoms with Gasteiger partial charge < -0.3 is 10.6 Å². The molecule has 2 aromatic rings. The zero-order chi connectivity index (χ0) is 16.1. The smallest absolute Gasteiger partial charge is 0.230 e. The monoisotopic (exact) mass is 352 g/mol. The van der Waals surface area contributed by atoms with Crippen molar-refractivity contribution in [1.29, 1.82) is 0 Å². The number of amides is 1. The first kappa shape index (κ1) is 16.7. The fourth-order valence-corrected chi connectivity index (χ4v) is 2.46. The van der Waals surface area contributed by atoms with Crippen molar-refractivity contribution in [2.45, 2.75) is 13.3 Å². The summed E-state index contributed by atoms with van der Waals surface area (Å²) in [6.07, 6.45) is 0.235. The molecule has 2 N–H and O–H groups in total. The molecule has 3 nitrogen and oxygen atoms in total. The van der Waals surface area contributed by atoms with Crippen LogP contribution in [0.25, 0.3) is 0 Å². The molecule has 0 heterocycles. The van der Waals surface area contributed by atoms with E-state index in [-0.39, 0.29) is 17.4 Å². The van der Waals surface area contributed by atoms with E-state index in [4.69, 9.17) is 35.4 Å². The predicted octanol–water partition coefficient (Wildman–Crippen LogP) is 4.36. The van der Waals surface area contributed by atoms with Gasteiger partial charge in [0.25, 0.3) is 0 Å². The van der Waals surface area contributed by atoms with Gasteiger partial charge in [0.2, 0.25) is 5.91 Å². The van der Waals surface area contributed by atoms with Gasteiger partial charge in [-0.15, -0.1) is 0 Å². The molecule has 0 bridgehead atoms. The molecule has 0 unspecified atom stereocenters. The van der Waals surface area contributed by atoms with Crippen molar-refractivity contribution in [1.82, 2.24) is 5.32 Å².